The number of hydrogen-bond acceptors (Lipinski definition) is 9. The predicted octanol–water partition coefficient (Wildman–Crippen LogP) is 0.584. The summed E-state index contributed by atoms with van der Waals surface area (Å²) in [6.07, 6.45) is 0. The molecule has 2 aromatic rings. The molecule has 1 aromatic heterocycles. The summed E-state index contributed by atoms with van der Waals surface area (Å²) in [6.45, 7) is 1.89. The third-order valence-corrected chi connectivity index (χ3v) is 3.94. The number of benzene rings is 1. The van der Waals surface area contributed by atoms with Crippen LogP contribution < -0.4 is 24.8 Å². The van der Waals surface area contributed by atoms with Crippen LogP contribution in [0.15, 0.2) is 24.3 Å². The normalized spacial score (nSPS) is 13.9. The van der Waals surface area contributed by atoms with Crippen molar-refractivity contribution in [1.29, 1.82) is 0 Å². The number of aromatic nitrogens is 2. The topological polar surface area (TPSA) is 129 Å². The lowest BCUT2D eigenvalue weighted by molar-refractivity contribution is 0.0991. The number of nitrogens with zero attached hydrogens (tertiary/aromatic N) is 3. The molecule has 0 aliphatic carbocycles. The Morgan fingerprint density at radius 1 is 1.29 bits per heavy atom. The molecule has 0 radical (unpaired) electrons. The van der Waals surface area contributed by atoms with Gasteiger partial charge in [0.05, 0.1) is 26.9 Å². The van der Waals surface area contributed by atoms with Gasteiger partial charge in [0.1, 0.15) is 18.1 Å². The quantitative estimate of drug-likeness (QED) is 0.665. The Morgan fingerprint density at radius 3 is 2.71 bits per heavy atom. The van der Waals surface area contributed by atoms with Gasteiger partial charge in [0.2, 0.25) is 11.7 Å². The summed E-state index contributed by atoms with van der Waals surface area (Å²) in [7, 11) is 1.53. The Balaban J connectivity index is 2.02. The monoisotopic (exact) mass is 390 g/mol. The Hall–Kier alpha value is -3.11. The molecule has 1 aliphatic rings. The second-order valence-corrected chi connectivity index (χ2v) is 5.82. The van der Waals surface area contributed by atoms with E-state index in [4.69, 9.17) is 29.8 Å². The largest absolute Gasteiger partial charge is 0.497 e. The zero-order valence-corrected chi connectivity index (χ0v) is 15.5. The van der Waals surface area contributed by atoms with E-state index in [1.165, 1.54) is 7.11 Å². The molecular weight excluding hydrogens is 368 g/mol. The molecule has 0 bridgehead atoms. The maximum atomic E-state index is 12.1. The summed E-state index contributed by atoms with van der Waals surface area (Å²) in [5, 5.41) is 9.13. The van der Waals surface area contributed by atoms with Crippen LogP contribution in [-0.4, -0.2) is 67.6 Å². The number of primary amides is 1. The van der Waals surface area contributed by atoms with E-state index in [1.54, 1.807) is 24.3 Å². The molecule has 10 nitrogen and oxygen atoms in total. The number of rotatable bonds is 8. The van der Waals surface area contributed by atoms with Gasteiger partial charge in [0, 0.05) is 19.2 Å². The molecule has 3 rings (SSSR count). The number of morpholine rings is 1. The van der Waals surface area contributed by atoms with Crippen LogP contribution in [0.5, 0.6) is 23.1 Å². The molecule has 3 N–H and O–H groups in total. The molecule has 0 spiro atoms. The van der Waals surface area contributed by atoms with Crippen molar-refractivity contribution in [1.82, 2.24) is 9.97 Å². The van der Waals surface area contributed by atoms with Crippen molar-refractivity contribution < 1.29 is 28.8 Å². The average molecular weight is 390 g/mol. The number of aliphatic hydroxyl groups is 1. The minimum Gasteiger partial charge on any atom is -0.497 e. The molecule has 28 heavy (non-hydrogen) atoms. The summed E-state index contributed by atoms with van der Waals surface area (Å²) in [6, 6.07) is 6.80. The highest BCUT2D eigenvalue weighted by atomic mass is 16.5. The van der Waals surface area contributed by atoms with Crippen LogP contribution in [0.3, 0.4) is 0 Å². The molecule has 1 aliphatic heterocycles. The molecule has 0 atom stereocenters. The van der Waals surface area contributed by atoms with Gasteiger partial charge in [-0.25, -0.2) is 4.98 Å². The lowest BCUT2D eigenvalue weighted by atomic mass is 10.3. The van der Waals surface area contributed by atoms with Gasteiger partial charge >= 0.3 is 0 Å². The van der Waals surface area contributed by atoms with Crippen molar-refractivity contribution in [3.8, 4) is 23.1 Å². The second kappa shape index (κ2) is 9.20. The van der Waals surface area contributed by atoms with Crippen molar-refractivity contribution in [2.75, 3.05) is 51.5 Å². The average Bonchev–Trinajstić information content (AvgIpc) is 2.73. The number of carbonyl (C=O) groups is 1. The summed E-state index contributed by atoms with van der Waals surface area (Å²) < 4.78 is 21.8. The number of methoxy groups -OCH3 is 1. The van der Waals surface area contributed by atoms with E-state index in [0.717, 1.165) is 0 Å². The summed E-state index contributed by atoms with van der Waals surface area (Å²) in [5.41, 5.74) is 5.42. The molecule has 1 saturated heterocycles. The molecule has 150 valence electrons. The Labute approximate surface area is 161 Å². The SMILES string of the molecule is COc1cccc(Oc2c(OCCO)nc(N3CCOCC3)nc2C(N)=O)c1. The number of hydrogen-bond donors (Lipinski definition) is 2. The number of ether oxygens (including phenoxy) is 4. The van der Waals surface area contributed by atoms with Crippen LogP contribution in [-0.2, 0) is 4.74 Å². The van der Waals surface area contributed by atoms with Gasteiger partial charge in [-0.2, -0.15) is 4.98 Å². The standard InChI is InChI=1S/C18H22N4O6/c1-25-12-3-2-4-13(11-12)28-15-14(16(19)24)20-18(21-17(15)27-10-7-23)22-5-8-26-9-6-22/h2-4,11,23H,5-10H2,1H3,(H2,19,24). The van der Waals surface area contributed by atoms with E-state index < -0.39 is 5.91 Å². The van der Waals surface area contributed by atoms with Gasteiger partial charge in [-0.3, -0.25) is 4.79 Å². The maximum Gasteiger partial charge on any atom is 0.271 e. The number of nitrogens with two attached hydrogens (primary N) is 1. The van der Waals surface area contributed by atoms with E-state index in [0.29, 0.717) is 37.8 Å². The fourth-order valence-corrected chi connectivity index (χ4v) is 2.61. The lowest BCUT2D eigenvalue weighted by Gasteiger charge is -2.27. The molecule has 2 heterocycles. The highest BCUT2D eigenvalue weighted by Crippen LogP contribution is 2.35. The van der Waals surface area contributed by atoms with Crippen LogP contribution in [0.2, 0.25) is 0 Å². The van der Waals surface area contributed by atoms with E-state index in [2.05, 4.69) is 9.97 Å². The van der Waals surface area contributed by atoms with Gasteiger partial charge in [-0.05, 0) is 12.1 Å². The summed E-state index contributed by atoms with van der Waals surface area (Å²) in [5.74, 6) is 0.445. The number of amides is 1. The third-order valence-electron chi connectivity index (χ3n) is 3.94. The van der Waals surface area contributed by atoms with Crippen LogP contribution in [0.1, 0.15) is 10.5 Å². The van der Waals surface area contributed by atoms with E-state index in [-0.39, 0.29) is 36.5 Å². The molecule has 1 aromatic carbocycles. The Bertz CT molecular complexity index is 826. The Morgan fingerprint density at radius 2 is 2.04 bits per heavy atom. The summed E-state index contributed by atoms with van der Waals surface area (Å²) >= 11 is 0. The number of anilines is 1. The number of carbonyl (C=O) groups excluding carboxylic acids is 1. The molecule has 10 heteroatoms. The Kier molecular flexibility index (Phi) is 6.45. The zero-order chi connectivity index (χ0) is 19.9. The van der Waals surface area contributed by atoms with Crippen LogP contribution in [0, 0.1) is 0 Å². The van der Waals surface area contributed by atoms with Crippen molar-refractivity contribution in [3.05, 3.63) is 30.0 Å². The first kappa shape index (κ1) is 19.6. The van der Waals surface area contributed by atoms with Crippen LogP contribution in [0.25, 0.3) is 0 Å². The lowest BCUT2D eigenvalue weighted by Crippen LogP contribution is -2.37. The minimum absolute atomic E-state index is 0.0159. The maximum absolute atomic E-state index is 12.1. The molecular formula is C18H22N4O6. The zero-order valence-electron chi connectivity index (χ0n) is 15.5. The van der Waals surface area contributed by atoms with Gasteiger partial charge in [-0.15, -0.1) is 0 Å². The first-order chi connectivity index (χ1) is 13.6. The fourth-order valence-electron chi connectivity index (χ4n) is 2.61. The van der Waals surface area contributed by atoms with Crippen molar-refractivity contribution in [2.24, 2.45) is 5.73 Å². The molecule has 1 fully saturated rings. The van der Waals surface area contributed by atoms with Crippen molar-refractivity contribution in [3.63, 3.8) is 0 Å². The molecule has 1 amide bonds. The fraction of sp³-hybridized carbons (Fsp3) is 0.389. The van der Waals surface area contributed by atoms with Crippen LogP contribution in [0.4, 0.5) is 5.95 Å². The van der Waals surface area contributed by atoms with E-state index in [9.17, 15) is 4.79 Å². The first-order valence-corrected chi connectivity index (χ1v) is 8.72. The second-order valence-electron chi connectivity index (χ2n) is 5.82. The number of aliphatic hydroxyl groups excluding tert-OH is 1. The van der Waals surface area contributed by atoms with Gasteiger partial charge < -0.3 is 34.7 Å². The smallest absolute Gasteiger partial charge is 0.271 e. The predicted molar refractivity (Wildman–Crippen MR) is 99.2 cm³/mol. The highest BCUT2D eigenvalue weighted by molar-refractivity contribution is 5.94. The van der Waals surface area contributed by atoms with Gasteiger partial charge in [0.25, 0.3) is 11.8 Å². The summed E-state index contributed by atoms with van der Waals surface area (Å²) in [4.78, 5) is 22.6. The van der Waals surface area contributed by atoms with Crippen molar-refractivity contribution >= 4 is 11.9 Å². The van der Waals surface area contributed by atoms with Crippen LogP contribution >= 0.6 is 0 Å². The third kappa shape index (κ3) is 4.59. The van der Waals surface area contributed by atoms with E-state index in [1.807, 2.05) is 4.90 Å². The molecule has 0 unspecified atom stereocenters. The van der Waals surface area contributed by atoms with Gasteiger partial charge in [-0.1, -0.05) is 6.07 Å². The van der Waals surface area contributed by atoms with E-state index >= 15 is 0 Å². The minimum atomic E-state index is -0.788. The highest BCUT2D eigenvalue weighted by Gasteiger charge is 2.25. The molecule has 0 saturated carbocycles. The first-order valence-electron chi connectivity index (χ1n) is 8.72. The van der Waals surface area contributed by atoms with Gasteiger partial charge in [0.15, 0.2) is 5.69 Å². The van der Waals surface area contributed by atoms with Crippen molar-refractivity contribution in [2.45, 2.75) is 0 Å².